The van der Waals surface area contributed by atoms with Crippen LogP contribution in [-0.4, -0.2) is 70.0 Å². The van der Waals surface area contributed by atoms with E-state index in [1.807, 2.05) is 21.1 Å². The van der Waals surface area contributed by atoms with Crippen molar-refractivity contribution in [2.45, 2.75) is 315 Å². The standard InChI is InChI=1S/C92H150NO8P/c1-6-8-10-12-14-16-18-20-22-24-26-28-30-32-34-36-38-40-42-44-45-46-47-49-50-52-54-56-58-60-62-64-66-68-70-72-74-76-78-80-82-84-91(94)98-88-90(89-100-102(96,97)99-87-86-93(3,4)5)101-92(95)85-83-81-79-77-75-73-71-69-67-65-63-61-59-57-55-53-51-48-43-41-39-37-35-33-31-29-27-25-23-21-19-17-15-13-11-9-7-2/h8-11,14-17,20-23,26-29,32-35,38-41,44-45,48,51,55,57,61,63,67,69,90H,6-7,12-13,18-19,24-25,30-31,36-37,42-43,46-47,49-50,52-54,56,58-60,62,64-66,68,70-89H2,1-5H3/b10-8-,11-9-,16-14-,17-15-,22-20-,23-21-,28-26-,29-27-,34-32-,35-33-,40-38-,41-39-,45-44-,51-48-,57-55-,63-61-,69-67-. The zero-order valence-electron chi connectivity index (χ0n) is 65.7. The van der Waals surface area contributed by atoms with Gasteiger partial charge in [0.2, 0.25) is 0 Å². The molecule has 576 valence electrons. The van der Waals surface area contributed by atoms with Gasteiger partial charge in [-0.3, -0.25) is 14.2 Å². The number of allylic oxidation sites excluding steroid dienone is 34. The van der Waals surface area contributed by atoms with Gasteiger partial charge in [-0.05, 0) is 148 Å². The summed E-state index contributed by atoms with van der Waals surface area (Å²) in [5.74, 6) is -0.854. The molecule has 0 aliphatic carbocycles. The van der Waals surface area contributed by atoms with E-state index in [0.29, 0.717) is 17.4 Å². The number of phosphoric ester groups is 1. The lowest BCUT2D eigenvalue weighted by molar-refractivity contribution is -0.870. The molecule has 0 saturated carbocycles. The second-order valence-corrected chi connectivity index (χ2v) is 29.1. The third-order valence-electron chi connectivity index (χ3n) is 16.8. The first-order chi connectivity index (χ1) is 50.0. The van der Waals surface area contributed by atoms with Crippen LogP contribution >= 0.6 is 7.82 Å². The number of phosphoric acid groups is 1. The van der Waals surface area contributed by atoms with E-state index in [9.17, 15) is 19.0 Å². The first-order valence-electron chi connectivity index (χ1n) is 40.8. The molecule has 0 aromatic heterocycles. The quantitative estimate of drug-likeness (QED) is 0.0195. The van der Waals surface area contributed by atoms with Crippen LogP contribution in [0.5, 0.6) is 0 Å². The fourth-order valence-corrected chi connectivity index (χ4v) is 11.4. The first-order valence-corrected chi connectivity index (χ1v) is 42.3. The van der Waals surface area contributed by atoms with Crippen molar-refractivity contribution in [1.29, 1.82) is 0 Å². The van der Waals surface area contributed by atoms with Crippen LogP contribution in [0.2, 0.25) is 0 Å². The van der Waals surface area contributed by atoms with Gasteiger partial charge >= 0.3 is 11.9 Å². The van der Waals surface area contributed by atoms with Crippen LogP contribution < -0.4 is 4.89 Å². The highest BCUT2D eigenvalue weighted by Gasteiger charge is 2.22. The topological polar surface area (TPSA) is 111 Å². The Morgan fingerprint density at radius 1 is 0.304 bits per heavy atom. The van der Waals surface area contributed by atoms with Gasteiger partial charge in [0, 0.05) is 12.8 Å². The average Bonchev–Trinajstić information content (AvgIpc) is 0.913. The second-order valence-electron chi connectivity index (χ2n) is 27.7. The number of carbonyl (C=O) groups excluding carboxylic acids is 2. The van der Waals surface area contributed by atoms with Gasteiger partial charge in [-0.15, -0.1) is 0 Å². The second kappa shape index (κ2) is 79.7. The normalized spacial score (nSPS) is 14.1. The lowest BCUT2D eigenvalue weighted by atomic mass is 10.0. The van der Waals surface area contributed by atoms with Crippen LogP contribution in [0.15, 0.2) is 207 Å². The smallest absolute Gasteiger partial charge is 0.306 e. The van der Waals surface area contributed by atoms with Gasteiger partial charge in [0.05, 0.1) is 27.7 Å². The summed E-state index contributed by atoms with van der Waals surface area (Å²) in [7, 11) is 1.14. The van der Waals surface area contributed by atoms with E-state index in [2.05, 4.69) is 220 Å². The van der Waals surface area contributed by atoms with Crippen LogP contribution in [0.3, 0.4) is 0 Å². The van der Waals surface area contributed by atoms with E-state index < -0.39 is 32.5 Å². The largest absolute Gasteiger partial charge is 0.756 e. The molecule has 0 aliphatic heterocycles. The third-order valence-corrected chi connectivity index (χ3v) is 17.8. The highest BCUT2D eigenvalue weighted by molar-refractivity contribution is 7.45. The molecule has 9 nitrogen and oxygen atoms in total. The van der Waals surface area contributed by atoms with Gasteiger partial charge < -0.3 is 27.9 Å². The average molecular weight is 1430 g/mol. The van der Waals surface area contributed by atoms with Gasteiger partial charge in [0.1, 0.15) is 19.8 Å². The van der Waals surface area contributed by atoms with Crippen LogP contribution in [0.1, 0.15) is 309 Å². The highest BCUT2D eigenvalue weighted by atomic mass is 31.2. The highest BCUT2D eigenvalue weighted by Crippen LogP contribution is 2.38. The van der Waals surface area contributed by atoms with Gasteiger partial charge in [-0.1, -0.05) is 355 Å². The molecule has 0 saturated heterocycles. The lowest BCUT2D eigenvalue weighted by Crippen LogP contribution is -2.37. The molecule has 0 N–H and O–H groups in total. The van der Waals surface area contributed by atoms with E-state index in [4.69, 9.17) is 18.5 Å². The Morgan fingerprint density at radius 2 is 0.529 bits per heavy atom. The lowest BCUT2D eigenvalue weighted by Gasteiger charge is -2.28. The number of unbranched alkanes of at least 4 members (excludes halogenated alkanes) is 25. The summed E-state index contributed by atoms with van der Waals surface area (Å²) in [5, 5.41) is 0. The zero-order chi connectivity index (χ0) is 74.0. The molecule has 0 rings (SSSR count). The summed E-state index contributed by atoms with van der Waals surface area (Å²) in [6, 6.07) is 0. The molecule has 0 fully saturated rings. The predicted octanol–water partition coefficient (Wildman–Crippen LogP) is 27.1. The van der Waals surface area contributed by atoms with Crippen molar-refractivity contribution in [3.63, 3.8) is 0 Å². The minimum absolute atomic E-state index is 0.0426. The molecule has 0 radical (unpaired) electrons. The van der Waals surface area contributed by atoms with E-state index >= 15 is 0 Å². The minimum atomic E-state index is -4.66. The minimum Gasteiger partial charge on any atom is -0.756 e. The van der Waals surface area contributed by atoms with Crippen LogP contribution in [-0.2, 0) is 32.7 Å². The third kappa shape index (κ3) is 83.5. The van der Waals surface area contributed by atoms with Gasteiger partial charge in [0.15, 0.2) is 6.10 Å². The molecule has 2 atom stereocenters. The first kappa shape index (κ1) is 96.6. The van der Waals surface area contributed by atoms with E-state index in [-0.39, 0.29) is 26.1 Å². The van der Waals surface area contributed by atoms with Crippen molar-refractivity contribution in [1.82, 2.24) is 0 Å². The maximum Gasteiger partial charge on any atom is 0.306 e. The molecule has 0 aliphatic rings. The Morgan fingerprint density at radius 3 is 0.784 bits per heavy atom. The number of hydrogen-bond donors (Lipinski definition) is 0. The molecule has 0 heterocycles. The van der Waals surface area contributed by atoms with E-state index in [1.165, 1.54) is 109 Å². The Kier molecular flexibility index (Phi) is 75.5. The van der Waals surface area contributed by atoms with Crippen LogP contribution in [0, 0.1) is 0 Å². The number of rotatable bonds is 73. The number of quaternary nitrogens is 1. The van der Waals surface area contributed by atoms with Gasteiger partial charge in [-0.25, -0.2) is 0 Å². The summed E-state index contributed by atoms with van der Waals surface area (Å²) in [6.45, 7) is 3.99. The summed E-state index contributed by atoms with van der Waals surface area (Å²) in [4.78, 5) is 38.2. The SMILES string of the molecule is CC/C=C\C/C=C\C/C=C\C/C=C\C/C=C\C/C=C\C/C=C\C/C=C\C/C=C\C/C=C\CCCCCCCCC(=O)OC(COC(=O)CCCCCCCCCCCCCCCCCCCCC/C=C\C/C=C\C/C=C\C/C=C\C/C=C\C/C=C\C/C=C\CC)COP(=O)([O-])OCC[N+](C)(C)C. The van der Waals surface area contributed by atoms with Crippen LogP contribution in [0.25, 0.3) is 0 Å². The molecule has 10 heteroatoms. The Bertz CT molecular complexity index is 2480. The number of esters is 2. The Hall–Kier alpha value is -5.41. The van der Waals surface area contributed by atoms with Crippen LogP contribution in [0.4, 0.5) is 0 Å². The van der Waals surface area contributed by atoms with E-state index in [1.54, 1.807) is 0 Å². The molecular weight excluding hydrogens is 1280 g/mol. The fraction of sp³-hybridized carbons (Fsp3) is 0.609. The molecule has 0 spiro atoms. The molecule has 0 bridgehead atoms. The monoisotopic (exact) mass is 1430 g/mol. The summed E-state index contributed by atoms with van der Waals surface area (Å²) in [5.41, 5.74) is 0. The van der Waals surface area contributed by atoms with Crippen molar-refractivity contribution in [3.05, 3.63) is 207 Å². The summed E-state index contributed by atoms with van der Waals surface area (Å²) in [6.07, 6.45) is 125. The number of likely N-dealkylation sites (N-methyl/N-ethyl adjacent to an activating group) is 1. The van der Waals surface area contributed by atoms with Gasteiger partial charge in [0.25, 0.3) is 7.82 Å². The van der Waals surface area contributed by atoms with E-state index in [0.717, 1.165) is 167 Å². The number of carbonyl (C=O) groups is 2. The molecule has 2 unspecified atom stereocenters. The number of nitrogens with zero attached hydrogens (tertiary/aromatic N) is 1. The predicted molar refractivity (Wildman–Crippen MR) is 442 cm³/mol. The number of ether oxygens (including phenoxy) is 2. The Balaban J connectivity index is 4.05. The molecular formula is C92H150NO8P. The maximum atomic E-state index is 12.9. The summed E-state index contributed by atoms with van der Waals surface area (Å²) >= 11 is 0. The van der Waals surface area contributed by atoms with Crippen molar-refractivity contribution in [3.8, 4) is 0 Å². The maximum absolute atomic E-state index is 12.9. The van der Waals surface area contributed by atoms with Crippen molar-refractivity contribution < 1.29 is 42.1 Å². The molecule has 0 amide bonds. The molecule has 102 heavy (non-hydrogen) atoms. The number of hydrogen-bond acceptors (Lipinski definition) is 8. The molecule has 0 aromatic rings. The zero-order valence-corrected chi connectivity index (χ0v) is 66.6. The van der Waals surface area contributed by atoms with Crippen molar-refractivity contribution >= 4 is 19.8 Å². The fourth-order valence-electron chi connectivity index (χ4n) is 10.7. The van der Waals surface area contributed by atoms with Gasteiger partial charge in [-0.2, -0.15) is 0 Å². The summed E-state index contributed by atoms with van der Waals surface area (Å²) < 4.78 is 34.4. The van der Waals surface area contributed by atoms with Crippen molar-refractivity contribution in [2.24, 2.45) is 0 Å². The molecule has 0 aromatic carbocycles. The van der Waals surface area contributed by atoms with Crippen molar-refractivity contribution in [2.75, 3.05) is 47.5 Å². The Labute approximate surface area is 627 Å².